The summed E-state index contributed by atoms with van der Waals surface area (Å²) >= 11 is 0. The Balaban J connectivity index is 1.81. The molecule has 0 bridgehead atoms. The molecule has 0 aliphatic rings. The molecular weight excluding hydrogens is 410 g/mol. The molecule has 0 fully saturated rings. The molecule has 0 N–H and O–H groups in total. The Morgan fingerprint density at radius 2 is 1.27 bits per heavy atom. The quantitative estimate of drug-likeness (QED) is 0.266. The smallest absolute Gasteiger partial charge is 0.323 e. The summed E-state index contributed by atoms with van der Waals surface area (Å²) in [5.74, 6) is -0.245. The van der Waals surface area contributed by atoms with Gasteiger partial charge in [0.1, 0.15) is 12.6 Å². The molecule has 33 heavy (non-hydrogen) atoms. The highest BCUT2D eigenvalue weighted by Gasteiger charge is 2.27. The maximum Gasteiger partial charge on any atom is 0.323 e. The van der Waals surface area contributed by atoms with Gasteiger partial charge in [0.2, 0.25) is 0 Å². The zero-order valence-corrected chi connectivity index (χ0v) is 19.1. The van der Waals surface area contributed by atoms with Gasteiger partial charge in [0, 0.05) is 13.1 Å². The lowest BCUT2D eigenvalue weighted by atomic mass is 10.1. The molecule has 0 radical (unpaired) electrons. The van der Waals surface area contributed by atoms with Crippen LogP contribution in [0, 0.1) is 0 Å². The minimum Gasteiger partial charge on any atom is -0.460 e. The number of benzene rings is 3. The fourth-order valence-corrected chi connectivity index (χ4v) is 3.69. The molecule has 0 aliphatic carbocycles. The van der Waals surface area contributed by atoms with Crippen molar-refractivity contribution in [3.05, 3.63) is 120 Å². The summed E-state index contributed by atoms with van der Waals surface area (Å²) in [5.41, 5.74) is 3.22. The van der Waals surface area contributed by atoms with E-state index in [-0.39, 0.29) is 18.4 Å². The molecule has 0 unspecified atom stereocenters. The van der Waals surface area contributed by atoms with Gasteiger partial charge in [0.05, 0.1) is 0 Å². The normalized spacial score (nSPS) is 12.1. The average molecular weight is 442 g/mol. The number of carbonyl (C=O) groups is 2. The molecule has 4 nitrogen and oxygen atoms in total. The lowest BCUT2D eigenvalue weighted by molar-refractivity contribution is -0.152. The van der Waals surface area contributed by atoms with E-state index in [4.69, 9.17) is 4.74 Å². The predicted molar refractivity (Wildman–Crippen MR) is 131 cm³/mol. The van der Waals surface area contributed by atoms with E-state index in [1.165, 1.54) is 6.92 Å². The van der Waals surface area contributed by atoms with Gasteiger partial charge in [-0.25, -0.2) is 0 Å². The van der Waals surface area contributed by atoms with Crippen molar-refractivity contribution in [1.29, 1.82) is 0 Å². The molecule has 4 heteroatoms. The van der Waals surface area contributed by atoms with E-state index >= 15 is 0 Å². The van der Waals surface area contributed by atoms with Crippen LogP contribution in [0.3, 0.4) is 0 Å². The van der Waals surface area contributed by atoms with Gasteiger partial charge in [-0.2, -0.15) is 0 Å². The Kier molecular flexibility index (Phi) is 9.62. The van der Waals surface area contributed by atoms with Crippen molar-refractivity contribution in [2.24, 2.45) is 0 Å². The average Bonchev–Trinajstić information content (AvgIpc) is 2.84. The van der Waals surface area contributed by atoms with E-state index in [0.717, 1.165) is 16.7 Å². The largest absolute Gasteiger partial charge is 0.460 e. The number of ether oxygens (including phenoxy) is 1. The number of nitrogens with zero attached hydrogens (tertiary/aromatic N) is 1. The Bertz CT molecular complexity index is 975. The second-order valence-corrected chi connectivity index (χ2v) is 8.08. The van der Waals surface area contributed by atoms with Gasteiger partial charge in [-0.15, -0.1) is 0 Å². The van der Waals surface area contributed by atoms with Crippen LogP contribution < -0.4 is 0 Å². The van der Waals surface area contributed by atoms with Crippen LogP contribution in [0.1, 0.15) is 36.5 Å². The van der Waals surface area contributed by atoms with Gasteiger partial charge in [0.15, 0.2) is 5.78 Å². The van der Waals surface area contributed by atoms with Gasteiger partial charge in [-0.3, -0.25) is 14.5 Å². The summed E-state index contributed by atoms with van der Waals surface area (Å²) in [6.07, 6.45) is 4.58. The van der Waals surface area contributed by atoms with E-state index in [1.54, 1.807) is 6.08 Å². The van der Waals surface area contributed by atoms with Crippen LogP contribution in [0.15, 0.2) is 103 Å². The van der Waals surface area contributed by atoms with Crippen molar-refractivity contribution in [3.63, 3.8) is 0 Å². The maximum atomic E-state index is 13.3. The SMILES string of the molecule is CC(=O)/C=C/CC[C@@H](C(=O)OCc1ccccc1)N(Cc1ccccc1)Cc1ccccc1. The van der Waals surface area contributed by atoms with E-state index < -0.39 is 6.04 Å². The van der Waals surface area contributed by atoms with Crippen molar-refractivity contribution < 1.29 is 14.3 Å². The van der Waals surface area contributed by atoms with Crippen LogP contribution in [0.25, 0.3) is 0 Å². The molecule has 0 aliphatic heterocycles. The summed E-state index contributed by atoms with van der Waals surface area (Å²) in [5, 5.41) is 0. The van der Waals surface area contributed by atoms with Gasteiger partial charge in [-0.1, -0.05) is 97.1 Å². The van der Waals surface area contributed by atoms with Crippen LogP contribution in [0.5, 0.6) is 0 Å². The van der Waals surface area contributed by atoms with E-state index in [1.807, 2.05) is 72.8 Å². The third kappa shape index (κ3) is 8.51. The van der Waals surface area contributed by atoms with Crippen molar-refractivity contribution in [1.82, 2.24) is 4.90 Å². The van der Waals surface area contributed by atoms with Crippen molar-refractivity contribution in [2.45, 2.75) is 45.5 Å². The number of hydrogen-bond acceptors (Lipinski definition) is 4. The van der Waals surface area contributed by atoms with E-state index in [9.17, 15) is 9.59 Å². The van der Waals surface area contributed by atoms with Crippen LogP contribution >= 0.6 is 0 Å². The van der Waals surface area contributed by atoms with E-state index in [0.29, 0.717) is 25.9 Å². The first-order valence-electron chi connectivity index (χ1n) is 11.3. The molecule has 1 atom stereocenters. The number of rotatable bonds is 12. The molecule has 0 amide bonds. The second-order valence-electron chi connectivity index (χ2n) is 8.08. The molecule has 3 aromatic carbocycles. The maximum absolute atomic E-state index is 13.3. The topological polar surface area (TPSA) is 46.6 Å². The Labute approximate surface area is 196 Å². The number of hydrogen-bond donors (Lipinski definition) is 0. The predicted octanol–water partition coefficient (Wildman–Crippen LogP) is 5.73. The van der Waals surface area contributed by atoms with Gasteiger partial charge in [0.25, 0.3) is 0 Å². The molecule has 0 saturated carbocycles. The molecule has 3 aromatic rings. The molecule has 170 valence electrons. The highest BCUT2D eigenvalue weighted by molar-refractivity contribution is 5.87. The molecule has 0 heterocycles. The summed E-state index contributed by atoms with van der Waals surface area (Å²) in [6, 6.07) is 29.6. The lowest BCUT2D eigenvalue weighted by Crippen LogP contribution is -2.41. The number of carbonyl (C=O) groups excluding carboxylic acids is 2. The molecular formula is C29H31NO3. The summed E-state index contributed by atoms with van der Waals surface area (Å²) in [6.45, 7) is 3.01. The lowest BCUT2D eigenvalue weighted by Gasteiger charge is -2.30. The molecule has 0 spiro atoms. The van der Waals surface area contributed by atoms with Gasteiger partial charge in [-0.05, 0) is 42.5 Å². The van der Waals surface area contributed by atoms with Crippen LogP contribution in [-0.4, -0.2) is 22.7 Å². The highest BCUT2D eigenvalue weighted by Crippen LogP contribution is 2.19. The fourth-order valence-electron chi connectivity index (χ4n) is 3.69. The Hall–Kier alpha value is -3.50. The number of allylic oxidation sites excluding steroid dienone is 2. The van der Waals surface area contributed by atoms with Crippen LogP contribution in [0.2, 0.25) is 0 Å². The zero-order valence-electron chi connectivity index (χ0n) is 19.1. The van der Waals surface area contributed by atoms with Crippen molar-refractivity contribution >= 4 is 11.8 Å². The monoisotopic (exact) mass is 441 g/mol. The standard InChI is InChI=1S/C29H31NO3/c1-24(31)13-11-12-20-28(29(32)33-23-27-18-9-4-10-19-27)30(21-25-14-5-2-6-15-25)22-26-16-7-3-8-17-26/h2-11,13-19,28H,12,20-23H2,1H3/b13-11+/t28-/m0/s1. The first-order valence-corrected chi connectivity index (χ1v) is 11.3. The Morgan fingerprint density at radius 3 is 1.76 bits per heavy atom. The highest BCUT2D eigenvalue weighted by atomic mass is 16.5. The molecule has 0 aromatic heterocycles. The number of esters is 1. The summed E-state index contributed by atoms with van der Waals surface area (Å²) in [4.78, 5) is 26.8. The summed E-state index contributed by atoms with van der Waals surface area (Å²) < 4.78 is 5.75. The van der Waals surface area contributed by atoms with Crippen molar-refractivity contribution in [2.75, 3.05) is 0 Å². The molecule has 0 saturated heterocycles. The number of ketones is 1. The zero-order chi connectivity index (χ0) is 23.3. The minimum absolute atomic E-state index is 0.00336. The van der Waals surface area contributed by atoms with Gasteiger partial charge >= 0.3 is 5.97 Å². The van der Waals surface area contributed by atoms with Crippen LogP contribution in [0.4, 0.5) is 0 Å². The summed E-state index contributed by atoms with van der Waals surface area (Å²) in [7, 11) is 0. The van der Waals surface area contributed by atoms with Gasteiger partial charge < -0.3 is 4.74 Å². The third-order valence-corrected chi connectivity index (χ3v) is 5.35. The Morgan fingerprint density at radius 1 is 0.788 bits per heavy atom. The van der Waals surface area contributed by atoms with Crippen molar-refractivity contribution in [3.8, 4) is 0 Å². The fraction of sp³-hybridized carbons (Fsp3) is 0.241. The first-order chi connectivity index (χ1) is 16.1. The van der Waals surface area contributed by atoms with E-state index in [2.05, 4.69) is 29.2 Å². The first kappa shape index (κ1) is 24.1. The second kappa shape index (κ2) is 13.1. The molecule has 3 rings (SSSR count). The van der Waals surface area contributed by atoms with Crippen LogP contribution in [-0.2, 0) is 34.0 Å². The third-order valence-electron chi connectivity index (χ3n) is 5.35. The minimum atomic E-state index is -0.439.